The summed E-state index contributed by atoms with van der Waals surface area (Å²) in [5, 5.41) is 4.81. The number of nitrogens with one attached hydrogen (secondary N) is 1. The van der Waals surface area contributed by atoms with Gasteiger partial charge in [0.2, 0.25) is 0 Å². The van der Waals surface area contributed by atoms with Gasteiger partial charge in [-0.2, -0.15) is 0 Å². The van der Waals surface area contributed by atoms with Crippen LogP contribution in [0.5, 0.6) is 0 Å². The lowest BCUT2D eigenvalue weighted by Crippen LogP contribution is -2.06. The molecule has 1 rings (SSSR count). The smallest absolute Gasteiger partial charge is 0.130 e. The highest BCUT2D eigenvalue weighted by molar-refractivity contribution is 7.99. The summed E-state index contributed by atoms with van der Waals surface area (Å²) in [6.45, 7) is 9.63. The molecule has 0 saturated heterocycles. The van der Waals surface area contributed by atoms with Gasteiger partial charge >= 0.3 is 0 Å². The standard InChI is InChI=1S/C11H19N3S/c1-5-12-10-6-11(14-7-13-10)15-9(4)8(2)3/h6-9H,5H2,1-4H3,(H,12,13,14). The minimum Gasteiger partial charge on any atom is -0.370 e. The molecule has 0 saturated carbocycles. The lowest BCUT2D eigenvalue weighted by Gasteiger charge is -2.14. The van der Waals surface area contributed by atoms with Crippen LogP contribution >= 0.6 is 11.8 Å². The molecule has 0 aliphatic carbocycles. The van der Waals surface area contributed by atoms with Gasteiger partial charge in [-0.15, -0.1) is 11.8 Å². The first-order valence-electron chi connectivity index (χ1n) is 5.36. The fourth-order valence-electron chi connectivity index (χ4n) is 1.01. The second-order valence-electron chi connectivity index (χ2n) is 3.84. The van der Waals surface area contributed by atoms with Crippen molar-refractivity contribution in [2.24, 2.45) is 5.92 Å². The molecule has 0 aliphatic heterocycles. The Morgan fingerprint density at radius 1 is 1.33 bits per heavy atom. The highest BCUT2D eigenvalue weighted by Gasteiger charge is 2.09. The molecular formula is C11H19N3S. The summed E-state index contributed by atoms with van der Waals surface area (Å²) in [5.41, 5.74) is 0. The van der Waals surface area contributed by atoms with Crippen LogP contribution in [0.4, 0.5) is 5.82 Å². The van der Waals surface area contributed by atoms with Gasteiger partial charge in [0.1, 0.15) is 17.2 Å². The van der Waals surface area contributed by atoms with E-state index in [1.54, 1.807) is 18.1 Å². The number of aromatic nitrogens is 2. The maximum atomic E-state index is 4.26. The minimum absolute atomic E-state index is 0.578. The Bertz CT molecular complexity index is 302. The van der Waals surface area contributed by atoms with Crippen molar-refractivity contribution in [3.8, 4) is 0 Å². The van der Waals surface area contributed by atoms with Crippen molar-refractivity contribution in [1.29, 1.82) is 0 Å². The summed E-state index contributed by atoms with van der Waals surface area (Å²) >= 11 is 1.80. The Balaban J connectivity index is 2.64. The molecule has 0 bridgehead atoms. The first-order valence-corrected chi connectivity index (χ1v) is 6.24. The molecule has 3 nitrogen and oxygen atoms in total. The second-order valence-corrected chi connectivity index (χ2v) is 5.24. The van der Waals surface area contributed by atoms with Crippen LogP contribution in [0, 0.1) is 5.92 Å². The predicted octanol–water partition coefficient (Wildman–Crippen LogP) is 3.05. The maximum Gasteiger partial charge on any atom is 0.130 e. The number of anilines is 1. The van der Waals surface area contributed by atoms with Crippen LogP contribution in [0.2, 0.25) is 0 Å². The van der Waals surface area contributed by atoms with Crippen LogP contribution in [-0.2, 0) is 0 Å². The zero-order valence-corrected chi connectivity index (χ0v) is 10.6. The molecule has 0 aliphatic rings. The lowest BCUT2D eigenvalue weighted by molar-refractivity contribution is 0.641. The summed E-state index contributed by atoms with van der Waals surface area (Å²) in [6, 6.07) is 2.01. The van der Waals surface area contributed by atoms with Crippen molar-refractivity contribution in [3.05, 3.63) is 12.4 Å². The first kappa shape index (κ1) is 12.3. The Hall–Kier alpha value is -0.770. The van der Waals surface area contributed by atoms with E-state index in [-0.39, 0.29) is 0 Å². The van der Waals surface area contributed by atoms with Crippen molar-refractivity contribution in [2.75, 3.05) is 11.9 Å². The molecular weight excluding hydrogens is 206 g/mol. The highest BCUT2D eigenvalue weighted by atomic mass is 32.2. The van der Waals surface area contributed by atoms with E-state index in [4.69, 9.17) is 0 Å². The molecule has 1 heterocycles. The molecule has 0 spiro atoms. The number of rotatable bonds is 5. The second kappa shape index (κ2) is 5.95. The van der Waals surface area contributed by atoms with E-state index < -0.39 is 0 Å². The number of hydrogen-bond donors (Lipinski definition) is 1. The third-order valence-corrected chi connectivity index (χ3v) is 3.63. The van der Waals surface area contributed by atoms with Crippen molar-refractivity contribution in [2.45, 2.75) is 38.0 Å². The quantitative estimate of drug-likeness (QED) is 0.617. The molecule has 1 N–H and O–H groups in total. The van der Waals surface area contributed by atoms with Crippen LogP contribution in [0.1, 0.15) is 27.7 Å². The third kappa shape index (κ3) is 4.08. The molecule has 15 heavy (non-hydrogen) atoms. The Morgan fingerprint density at radius 2 is 2.07 bits per heavy atom. The molecule has 1 aromatic rings. The summed E-state index contributed by atoms with van der Waals surface area (Å²) in [5.74, 6) is 1.57. The zero-order chi connectivity index (χ0) is 11.3. The van der Waals surface area contributed by atoms with Crippen LogP contribution < -0.4 is 5.32 Å². The fourth-order valence-corrected chi connectivity index (χ4v) is 1.95. The van der Waals surface area contributed by atoms with Crippen molar-refractivity contribution in [1.82, 2.24) is 9.97 Å². The summed E-state index contributed by atoms with van der Waals surface area (Å²) in [4.78, 5) is 8.40. The molecule has 1 unspecified atom stereocenters. The fraction of sp³-hybridized carbons (Fsp3) is 0.636. The summed E-state index contributed by atoms with van der Waals surface area (Å²) in [6.07, 6.45) is 1.62. The number of hydrogen-bond acceptors (Lipinski definition) is 4. The maximum absolute atomic E-state index is 4.26. The molecule has 4 heteroatoms. The van der Waals surface area contributed by atoms with Crippen LogP contribution in [0.25, 0.3) is 0 Å². The number of thioether (sulfide) groups is 1. The highest BCUT2D eigenvalue weighted by Crippen LogP contribution is 2.26. The molecule has 0 aromatic carbocycles. The van der Waals surface area contributed by atoms with Crippen LogP contribution in [-0.4, -0.2) is 21.8 Å². The van der Waals surface area contributed by atoms with E-state index in [0.29, 0.717) is 11.2 Å². The Labute approximate surface area is 96.1 Å². The number of nitrogens with zero attached hydrogens (tertiary/aromatic N) is 2. The van der Waals surface area contributed by atoms with Gasteiger partial charge in [0.25, 0.3) is 0 Å². The summed E-state index contributed by atoms with van der Waals surface area (Å²) in [7, 11) is 0. The van der Waals surface area contributed by atoms with Gasteiger partial charge in [0, 0.05) is 17.9 Å². The van der Waals surface area contributed by atoms with E-state index >= 15 is 0 Å². The molecule has 84 valence electrons. The van der Waals surface area contributed by atoms with Gasteiger partial charge in [-0.1, -0.05) is 20.8 Å². The van der Waals surface area contributed by atoms with E-state index in [1.165, 1.54) is 0 Å². The lowest BCUT2D eigenvalue weighted by atomic mass is 10.2. The largest absolute Gasteiger partial charge is 0.370 e. The van der Waals surface area contributed by atoms with Crippen LogP contribution in [0.3, 0.4) is 0 Å². The van der Waals surface area contributed by atoms with E-state index in [1.807, 2.05) is 6.07 Å². The average molecular weight is 225 g/mol. The summed E-state index contributed by atoms with van der Waals surface area (Å²) < 4.78 is 0. The van der Waals surface area contributed by atoms with E-state index in [9.17, 15) is 0 Å². The Kier molecular flexibility index (Phi) is 4.88. The molecule has 0 amide bonds. The van der Waals surface area contributed by atoms with Gasteiger partial charge in [-0.05, 0) is 12.8 Å². The molecule has 1 aromatic heterocycles. The van der Waals surface area contributed by atoms with Gasteiger partial charge in [0.05, 0.1) is 0 Å². The van der Waals surface area contributed by atoms with Gasteiger partial charge < -0.3 is 5.32 Å². The van der Waals surface area contributed by atoms with Crippen molar-refractivity contribution >= 4 is 17.6 Å². The monoisotopic (exact) mass is 225 g/mol. The SMILES string of the molecule is CCNc1cc(SC(C)C(C)C)ncn1. The third-order valence-electron chi connectivity index (χ3n) is 2.25. The van der Waals surface area contributed by atoms with E-state index in [0.717, 1.165) is 17.4 Å². The molecule has 1 atom stereocenters. The van der Waals surface area contributed by atoms with E-state index in [2.05, 4.69) is 43.0 Å². The minimum atomic E-state index is 0.578. The Morgan fingerprint density at radius 3 is 2.67 bits per heavy atom. The topological polar surface area (TPSA) is 37.8 Å². The van der Waals surface area contributed by atoms with Crippen molar-refractivity contribution in [3.63, 3.8) is 0 Å². The first-order chi connectivity index (χ1) is 7.13. The molecule has 0 fully saturated rings. The van der Waals surface area contributed by atoms with Gasteiger partial charge in [-0.25, -0.2) is 9.97 Å². The van der Waals surface area contributed by atoms with Crippen LogP contribution in [0.15, 0.2) is 17.4 Å². The van der Waals surface area contributed by atoms with Crippen molar-refractivity contribution < 1.29 is 0 Å². The zero-order valence-electron chi connectivity index (χ0n) is 9.82. The predicted molar refractivity (Wildman–Crippen MR) is 66.4 cm³/mol. The van der Waals surface area contributed by atoms with Gasteiger partial charge in [0.15, 0.2) is 0 Å². The molecule has 0 radical (unpaired) electrons. The average Bonchev–Trinajstić information content (AvgIpc) is 2.18. The normalized spacial score (nSPS) is 12.9. The van der Waals surface area contributed by atoms with Gasteiger partial charge in [-0.3, -0.25) is 0 Å².